The van der Waals surface area contributed by atoms with E-state index in [1.54, 1.807) is 0 Å². The third-order valence-electron chi connectivity index (χ3n) is 32.1. The van der Waals surface area contributed by atoms with Crippen molar-refractivity contribution in [3.05, 3.63) is 440 Å². The van der Waals surface area contributed by atoms with Crippen LogP contribution in [0, 0.1) is 0 Å². The molecule has 2 saturated carbocycles. The van der Waals surface area contributed by atoms with Crippen LogP contribution in [0.15, 0.2) is 421 Å². The number of hydrogen-bond donors (Lipinski definition) is 0. The summed E-state index contributed by atoms with van der Waals surface area (Å²) in [7, 11) is 0. The highest BCUT2D eigenvalue weighted by atomic mass is 16.3. The molecule has 0 bridgehead atoms. The van der Waals surface area contributed by atoms with Gasteiger partial charge < -0.3 is 8.83 Å². The molecule has 8 aromatic heterocycles. The van der Waals surface area contributed by atoms with Crippen molar-refractivity contribution in [2.75, 3.05) is 0 Å². The highest BCUT2D eigenvalue weighted by Gasteiger charge is 2.50. The van der Waals surface area contributed by atoms with Gasteiger partial charge in [-0.05, 0) is 236 Å². The zero-order chi connectivity index (χ0) is 92.0. The maximum absolute atomic E-state index is 6.91. The van der Waals surface area contributed by atoms with Crippen molar-refractivity contribution in [2.45, 2.75) is 61.7 Å². The van der Waals surface area contributed by atoms with Gasteiger partial charge in [0.15, 0.2) is 0 Å². The number of nitrogens with zero attached hydrogens (tertiary/aromatic N) is 9. The van der Waals surface area contributed by atoms with Gasteiger partial charge in [-0.2, -0.15) is 0 Å². The molecule has 2 unspecified atom stereocenters. The van der Waals surface area contributed by atoms with Crippen LogP contribution in [0.25, 0.3) is 260 Å². The monoisotopic (exact) mass is 1800 g/mol. The van der Waals surface area contributed by atoms with Crippen molar-refractivity contribution in [3.8, 4) is 118 Å². The predicted octanol–water partition coefficient (Wildman–Crippen LogP) is 33.4. The van der Waals surface area contributed by atoms with Crippen molar-refractivity contribution in [3.63, 3.8) is 0 Å². The highest BCUT2D eigenvalue weighted by Crippen LogP contribution is 2.64. The van der Waals surface area contributed by atoms with Crippen molar-refractivity contribution < 1.29 is 8.83 Å². The Kier molecular flexibility index (Phi) is 16.6. The number of hydrogen-bond acceptors (Lipinski definition) is 8. The SMILES string of the molecule is c1ccc(-c2ccc3c(c2)c2cc4c(cc2n3-c2nc(-c3ccccc3)c3ccccc3n2)-c2cccc(-c3ccc5c(-c6ccccc6)nc(-n6c7ccc(-c8cccc9c8oc8ccccc89)cc7c7cc8c(cc76)-c6ccccc6C86CCC(c7ccc8nc(-n9c%10cc(-c%11ccccc%11)ccc%10c%10c%11oc%12ccccc%12c%11ccc%109)nc(-c9ccccc9)c8c7)C6)nc5c3)c2C42CCCC2)cc1. The molecule has 4 aliphatic rings. The predicted molar refractivity (Wildman–Crippen MR) is 575 cm³/mol. The van der Waals surface area contributed by atoms with E-state index in [9.17, 15) is 0 Å². The van der Waals surface area contributed by atoms with Crippen LogP contribution in [0.1, 0.15) is 78.7 Å². The van der Waals surface area contributed by atoms with Gasteiger partial charge in [-0.15, -0.1) is 0 Å². The number of benzene rings is 19. The Morgan fingerprint density at radius 2 is 0.674 bits per heavy atom. The van der Waals surface area contributed by atoms with Crippen LogP contribution in [0.4, 0.5) is 0 Å². The molecular formula is C130H83N9O2. The molecule has 31 rings (SSSR count). The molecule has 2 fully saturated rings. The lowest BCUT2D eigenvalue weighted by Crippen LogP contribution is -2.21. The van der Waals surface area contributed by atoms with E-state index in [1.165, 1.54) is 77.5 Å². The molecule has 11 heteroatoms. The average molecular weight is 1800 g/mol. The van der Waals surface area contributed by atoms with Gasteiger partial charge in [0.1, 0.15) is 22.3 Å². The van der Waals surface area contributed by atoms with E-state index < -0.39 is 0 Å². The third kappa shape index (κ3) is 11.5. The molecule has 19 aromatic carbocycles. The molecule has 4 aliphatic carbocycles. The lowest BCUT2D eigenvalue weighted by atomic mass is 9.74. The van der Waals surface area contributed by atoms with Crippen molar-refractivity contribution in [2.24, 2.45) is 0 Å². The van der Waals surface area contributed by atoms with Crippen LogP contribution in [-0.4, -0.2) is 43.6 Å². The van der Waals surface area contributed by atoms with Crippen LogP contribution in [-0.2, 0) is 10.8 Å². The molecule has 8 heterocycles. The second-order valence-electron chi connectivity index (χ2n) is 39.3. The molecule has 0 aliphatic heterocycles. The first-order valence-electron chi connectivity index (χ1n) is 49.3. The summed E-state index contributed by atoms with van der Waals surface area (Å²) in [6.45, 7) is 0. The second-order valence-corrected chi connectivity index (χ2v) is 39.3. The van der Waals surface area contributed by atoms with E-state index in [-0.39, 0.29) is 16.7 Å². The van der Waals surface area contributed by atoms with E-state index in [1.807, 2.05) is 6.07 Å². The van der Waals surface area contributed by atoms with Gasteiger partial charge in [0.25, 0.3) is 0 Å². The summed E-state index contributed by atoms with van der Waals surface area (Å²) in [5, 5.41) is 14.1. The van der Waals surface area contributed by atoms with E-state index in [4.69, 9.17) is 38.7 Å². The van der Waals surface area contributed by atoms with Crippen LogP contribution in [0.2, 0.25) is 0 Å². The smallest absolute Gasteiger partial charge is 0.235 e. The summed E-state index contributed by atoms with van der Waals surface area (Å²) >= 11 is 0. The minimum atomic E-state index is -0.334. The molecule has 0 radical (unpaired) electrons. The molecule has 27 aromatic rings. The molecule has 0 amide bonds. The van der Waals surface area contributed by atoms with Crippen molar-refractivity contribution in [1.82, 2.24) is 43.6 Å². The Balaban J connectivity index is 0.572. The van der Waals surface area contributed by atoms with Gasteiger partial charge in [0.05, 0.1) is 72.1 Å². The number of fused-ring (bicyclic) bond motifs is 29. The maximum atomic E-state index is 6.91. The minimum Gasteiger partial charge on any atom is -0.455 e. The highest BCUT2D eigenvalue weighted by molar-refractivity contribution is 6.25. The fourth-order valence-corrected chi connectivity index (χ4v) is 25.8. The molecule has 11 nitrogen and oxygen atoms in total. The zero-order valence-electron chi connectivity index (χ0n) is 76.6. The summed E-state index contributed by atoms with van der Waals surface area (Å²) in [5.74, 6) is 2.04. The molecular weight excluding hydrogens is 1720 g/mol. The molecule has 2 spiro atoms. The normalized spacial score (nSPS) is 15.3. The fourth-order valence-electron chi connectivity index (χ4n) is 25.8. The average Bonchev–Trinajstić information content (AvgIpc) is 1.53. The summed E-state index contributed by atoms with van der Waals surface area (Å²) < 4.78 is 20.8. The zero-order valence-corrected chi connectivity index (χ0v) is 76.6. The minimum absolute atomic E-state index is 0.193. The summed E-state index contributed by atoms with van der Waals surface area (Å²) in [6, 6.07) is 151. The van der Waals surface area contributed by atoms with Crippen molar-refractivity contribution in [1.29, 1.82) is 0 Å². The summed E-state index contributed by atoms with van der Waals surface area (Å²) in [5.41, 5.74) is 38.3. The van der Waals surface area contributed by atoms with Crippen molar-refractivity contribution >= 4 is 142 Å². The fraction of sp³-hybridized carbons (Fsp3) is 0.0769. The Labute approximate surface area is 809 Å². The van der Waals surface area contributed by atoms with E-state index in [2.05, 4.69) is 420 Å². The Bertz CT molecular complexity index is 10100. The first-order chi connectivity index (χ1) is 69.8. The van der Waals surface area contributed by atoms with Crippen LogP contribution in [0.5, 0.6) is 0 Å². The second kappa shape index (κ2) is 29.9. The topological polar surface area (TPSA) is 118 Å². The first kappa shape index (κ1) is 78.4. The van der Waals surface area contributed by atoms with Gasteiger partial charge >= 0.3 is 0 Å². The Morgan fingerprint density at radius 3 is 1.34 bits per heavy atom. The van der Waals surface area contributed by atoms with Gasteiger partial charge in [-0.1, -0.05) is 316 Å². The summed E-state index contributed by atoms with van der Waals surface area (Å²) in [4.78, 5) is 34.5. The summed E-state index contributed by atoms with van der Waals surface area (Å²) in [6.07, 6.45) is 7.15. The van der Waals surface area contributed by atoms with Crippen LogP contribution >= 0.6 is 0 Å². The third-order valence-corrected chi connectivity index (χ3v) is 32.1. The van der Waals surface area contributed by atoms with Gasteiger partial charge in [0.2, 0.25) is 17.8 Å². The standard InChI is InChI=1S/C130H83N9O2/c1-6-28-76(29-7-1)81-53-59-111-100(66-81)102-71-106-99(74-116(102)137(111)126-131-108-47-21-17-41-95(108)121(134-126)78-32-10-3-11-33-78)92-44-26-42-87(120(92)129(106)63-24-25-64-129)85-51-55-96-110(69-85)133-128(135-122(96)79-34-12-4-13-35-79)138-112-60-54-84(88-43-27-45-93-90-39-18-22-48-117(90)140-124(88)93)68-101(112)103-72-107-98(73-115(103)138)89-38-16-20-46-105(89)130(107)65-62-86(75-130)82-52-58-109-104(67-82)123(80-36-14-5-15-37-80)136-127(132-109)139-113-61-57-94-91-40-19-23-49-118(91)141-125(94)119(113)97-56-50-83(70-114(97)139)77-30-8-2-9-31-77/h1-23,26-61,66-74,86H,24-25,62-65,75H2. The Morgan fingerprint density at radius 1 is 0.234 bits per heavy atom. The van der Waals surface area contributed by atoms with Gasteiger partial charge in [0, 0.05) is 97.7 Å². The van der Waals surface area contributed by atoms with Crippen LogP contribution in [0.3, 0.4) is 0 Å². The number of furan rings is 2. The van der Waals surface area contributed by atoms with Gasteiger partial charge in [-0.25, -0.2) is 29.9 Å². The van der Waals surface area contributed by atoms with Crippen LogP contribution < -0.4 is 0 Å². The first-order valence-corrected chi connectivity index (χ1v) is 49.3. The lowest BCUT2D eigenvalue weighted by Gasteiger charge is -2.29. The van der Waals surface area contributed by atoms with E-state index in [0.29, 0.717) is 17.8 Å². The number of aromatic nitrogens is 9. The van der Waals surface area contributed by atoms with Gasteiger partial charge in [-0.3, -0.25) is 13.7 Å². The molecule has 660 valence electrons. The molecule has 141 heavy (non-hydrogen) atoms. The quantitative estimate of drug-likeness (QED) is 0.126. The molecule has 2 atom stereocenters. The molecule has 0 N–H and O–H groups in total. The van der Waals surface area contributed by atoms with E-state index in [0.717, 1.165) is 238 Å². The Hall–Kier alpha value is -17.8. The molecule has 0 saturated heterocycles. The maximum Gasteiger partial charge on any atom is 0.235 e. The number of rotatable bonds is 11. The lowest BCUT2D eigenvalue weighted by molar-refractivity contribution is 0.539. The van der Waals surface area contributed by atoms with E-state index >= 15 is 0 Å². The number of para-hydroxylation sites is 4. The largest absolute Gasteiger partial charge is 0.455 e.